The fourth-order valence-electron chi connectivity index (χ4n) is 2.68. The topological polar surface area (TPSA) is 137 Å². The smallest absolute Gasteiger partial charge is 0.335 e. The first kappa shape index (κ1) is 19.3. The van der Waals surface area contributed by atoms with Crippen molar-refractivity contribution in [3.05, 3.63) is 63.7 Å². The van der Waals surface area contributed by atoms with E-state index in [2.05, 4.69) is 28.2 Å². The fraction of sp³-hybridized carbons (Fsp3) is 0.188. The molecule has 1 heterocycles. The number of aromatic carboxylic acids is 1. The maximum Gasteiger partial charge on any atom is 0.335 e. The van der Waals surface area contributed by atoms with Crippen LogP contribution in [0.15, 0.2) is 36.7 Å². The molecule has 3 N–H and O–H groups in total. The molecule has 0 radical (unpaired) electrons. The zero-order chi connectivity index (χ0) is 19.3. The summed E-state index contributed by atoms with van der Waals surface area (Å²) in [5, 5.41) is 32.5. The number of nitro benzene ring substituents is 1. The number of carboxylic acids is 1. The summed E-state index contributed by atoms with van der Waals surface area (Å²) < 4.78 is 1.75. The van der Waals surface area contributed by atoms with Gasteiger partial charge >= 0.3 is 5.97 Å². The number of carbonyl (C=O) groups is 1. The minimum absolute atomic E-state index is 0.122. The molecule has 0 bridgehead atoms. The second kappa shape index (κ2) is 8.41. The highest BCUT2D eigenvalue weighted by Crippen LogP contribution is 2.36. The van der Waals surface area contributed by atoms with Gasteiger partial charge in [-0.3, -0.25) is 15.3 Å². The second-order valence-electron chi connectivity index (χ2n) is 5.41. The first-order valence-electron chi connectivity index (χ1n) is 7.51. The summed E-state index contributed by atoms with van der Waals surface area (Å²) >= 11 is 3.03. The minimum Gasteiger partial charge on any atom is -0.478 e. The van der Waals surface area contributed by atoms with Gasteiger partial charge in [0.2, 0.25) is 0 Å². The van der Waals surface area contributed by atoms with Gasteiger partial charge < -0.3 is 9.67 Å². The van der Waals surface area contributed by atoms with Crippen molar-refractivity contribution in [2.45, 2.75) is 12.8 Å². The van der Waals surface area contributed by atoms with E-state index in [1.54, 1.807) is 17.9 Å². The van der Waals surface area contributed by atoms with Crippen LogP contribution in [-0.4, -0.2) is 30.8 Å². The quantitative estimate of drug-likeness (QED) is 0.424. The van der Waals surface area contributed by atoms with Crippen molar-refractivity contribution in [1.82, 2.24) is 14.8 Å². The number of carboxylic acid groups (broad SMARTS) is 1. The molecule has 2 aromatic rings. The number of non-ortho nitro benzene ring substituents is 1. The number of benzene rings is 1. The number of rotatable bonds is 4. The zero-order valence-electron chi connectivity index (χ0n) is 13.9. The molecule has 9 nitrogen and oxygen atoms in total. The molecular weight excluding hydrogens is 358 g/mol. The van der Waals surface area contributed by atoms with Gasteiger partial charge in [0.05, 0.1) is 10.5 Å². The summed E-state index contributed by atoms with van der Waals surface area (Å²) in [4.78, 5) is 21.8. The molecule has 3 rings (SSSR count). The minimum atomic E-state index is -1.21. The second-order valence-corrected chi connectivity index (χ2v) is 5.41. The molecule has 0 fully saturated rings. The Balaban J connectivity index is 0.00000117. The highest BCUT2D eigenvalue weighted by molar-refractivity contribution is 7.77. The van der Waals surface area contributed by atoms with E-state index >= 15 is 0 Å². The van der Waals surface area contributed by atoms with Crippen molar-refractivity contribution in [2.75, 3.05) is 0 Å². The van der Waals surface area contributed by atoms with Crippen LogP contribution in [0.1, 0.15) is 34.6 Å². The summed E-state index contributed by atoms with van der Waals surface area (Å²) in [5.74, 6) is -0.579. The Kier molecular flexibility index (Phi) is 6.26. The number of aryl methyl sites for hydroxylation is 1. The first-order chi connectivity index (χ1) is 12.5. The molecule has 0 saturated heterocycles. The number of hydrogen-bond donors (Lipinski definition) is 3. The van der Waals surface area contributed by atoms with E-state index in [-0.39, 0.29) is 11.3 Å². The number of hydrogen-bond acceptors (Lipinski definition) is 7. The summed E-state index contributed by atoms with van der Waals surface area (Å²) in [5.41, 5.74) is 1.62. The van der Waals surface area contributed by atoms with Crippen molar-refractivity contribution >= 4 is 35.6 Å². The lowest BCUT2D eigenvalue weighted by Crippen LogP contribution is -2.04. The van der Waals surface area contributed by atoms with Gasteiger partial charge in [0.15, 0.2) is 5.82 Å². The van der Waals surface area contributed by atoms with E-state index in [1.807, 2.05) is 12.2 Å². The Morgan fingerprint density at radius 2 is 1.92 bits per heavy atom. The Morgan fingerprint density at radius 3 is 2.46 bits per heavy atom. The molecule has 0 unspecified atom stereocenters. The maximum absolute atomic E-state index is 11.3. The van der Waals surface area contributed by atoms with Gasteiger partial charge in [-0.2, -0.15) is 0 Å². The predicted molar refractivity (Wildman–Crippen MR) is 99.4 cm³/mol. The Labute approximate surface area is 154 Å². The van der Waals surface area contributed by atoms with Crippen LogP contribution in [0.2, 0.25) is 0 Å². The average molecular weight is 375 g/mol. The number of aromatic nitrogens is 3. The van der Waals surface area contributed by atoms with Crippen LogP contribution in [0, 0.1) is 10.1 Å². The van der Waals surface area contributed by atoms with Crippen LogP contribution in [0.5, 0.6) is 0 Å². The Morgan fingerprint density at radius 1 is 1.27 bits per heavy atom. The summed E-state index contributed by atoms with van der Waals surface area (Å²) in [6.45, 7) is 0. The van der Waals surface area contributed by atoms with Gasteiger partial charge in [-0.25, -0.2) is 4.79 Å². The lowest BCUT2D eigenvalue weighted by Gasteiger charge is -2.16. The number of nitro groups is 1. The third-order valence-corrected chi connectivity index (χ3v) is 3.79. The summed E-state index contributed by atoms with van der Waals surface area (Å²) in [7, 11) is 1.80. The van der Waals surface area contributed by atoms with Gasteiger partial charge in [0.25, 0.3) is 5.69 Å². The van der Waals surface area contributed by atoms with Gasteiger partial charge in [-0.05, 0) is 30.0 Å². The van der Waals surface area contributed by atoms with Crippen LogP contribution in [0.25, 0.3) is 11.1 Å². The standard InChI is InChI=1S/C16H14N4O4.H3NS/c1-19-9-17-18-15(19)14-5-3-2-4-13(14)10-6-11(16(21)22)8-12(7-10)20(23)24;1-2/h4-9H,2-3H2,1H3,(H,21,22);2H,1H2. The molecule has 1 aromatic heterocycles. The number of allylic oxidation sites excluding steroid dienone is 4. The van der Waals surface area contributed by atoms with Gasteiger partial charge in [0.1, 0.15) is 6.33 Å². The van der Waals surface area contributed by atoms with Gasteiger partial charge in [-0.1, -0.05) is 12.2 Å². The van der Waals surface area contributed by atoms with E-state index in [9.17, 15) is 20.0 Å². The molecular formula is C16H17N5O4S. The third-order valence-electron chi connectivity index (χ3n) is 3.79. The van der Waals surface area contributed by atoms with Gasteiger partial charge in [-0.15, -0.1) is 23.0 Å². The van der Waals surface area contributed by atoms with Crippen LogP contribution in [-0.2, 0) is 7.05 Å². The van der Waals surface area contributed by atoms with Crippen molar-refractivity contribution in [3.8, 4) is 0 Å². The Hall–Kier alpha value is -2.98. The molecule has 0 aliphatic heterocycles. The first-order valence-corrected chi connectivity index (χ1v) is 8.03. The van der Waals surface area contributed by atoms with Crippen molar-refractivity contribution in [2.24, 2.45) is 12.2 Å². The van der Waals surface area contributed by atoms with E-state index in [4.69, 9.17) is 0 Å². The van der Waals surface area contributed by atoms with E-state index < -0.39 is 10.9 Å². The Bertz CT molecular complexity index is 872. The highest BCUT2D eigenvalue weighted by Gasteiger charge is 2.21. The van der Waals surface area contributed by atoms with Crippen LogP contribution in [0.4, 0.5) is 5.69 Å². The van der Waals surface area contributed by atoms with Crippen molar-refractivity contribution in [3.63, 3.8) is 0 Å². The van der Waals surface area contributed by atoms with E-state index in [0.29, 0.717) is 11.4 Å². The lowest BCUT2D eigenvalue weighted by molar-refractivity contribution is -0.384. The molecule has 0 atom stereocenters. The molecule has 26 heavy (non-hydrogen) atoms. The molecule has 1 aliphatic carbocycles. The number of thiol groups is 1. The van der Waals surface area contributed by atoms with Gasteiger partial charge in [0, 0.05) is 24.8 Å². The predicted octanol–water partition coefficient (Wildman–Crippen LogP) is 2.47. The zero-order valence-corrected chi connectivity index (χ0v) is 14.8. The molecule has 0 saturated carbocycles. The molecule has 0 amide bonds. The maximum atomic E-state index is 11.3. The van der Waals surface area contributed by atoms with E-state index in [0.717, 1.165) is 30.1 Å². The summed E-state index contributed by atoms with van der Waals surface area (Å²) in [6, 6.07) is 3.88. The third kappa shape index (κ3) is 3.98. The van der Waals surface area contributed by atoms with Crippen molar-refractivity contribution < 1.29 is 14.8 Å². The average Bonchev–Trinajstić information content (AvgIpc) is 3.08. The molecule has 136 valence electrons. The largest absolute Gasteiger partial charge is 0.478 e. The highest BCUT2D eigenvalue weighted by atomic mass is 32.1. The van der Waals surface area contributed by atoms with E-state index in [1.165, 1.54) is 12.1 Å². The van der Waals surface area contributed by atoms with Crippen LogP contribution in [0.3, 0.4) is 0 Å². The lowest BCUT2D eigenvalue weighted by atomic mass is 9.90. The fourth-order valence-corrected chi connectivity index (χ4v) is 2.68. The van der Waals surface area contributed by atoms with Crippen molar-refractivity contribution in [1.29, 1.82) is 0 Å². The molecule has 1 aliphatic rings. The molecule has 0 spiro atoms. The van der Waals surface area contributed by atoms with Crippen LogP contribution < -0.4 is 5.14 Å². The molecule has 1 aromatic carbocycles. The monoisotopic (exact) mass is 375 g/mol. The summed E-state index contributed by atoms with van der Waals surface area (Å²) in [6.07, 6.45) is 7.07. The molecule has 10 heteroatoms. The van der Waals surface area contributed by atoms with Crippen LogP contribution >= 0.6 is 12.8 Å². The normalized spacial score (nSPS) is 13.2. The SMILES string of the molecule is Cn1cnnc1C1=CCCC=C1c1cc(C(=O)O)cc([N+](=O)[O-])c1.NS. The number of nitrogens with two attached hydrogens (primary N) is 1. The number of nitrogens with zero attached hydrogens (tertiary/aromatic N) is 4.